The Labute approximate surface area is 136 Å². The van der Waals surface area contributed by atoms with E-state index in [-0.39, 0.29) is 17.5 Å². The van der Waals surface area contributed by atoms with Gasteiger partial charge in [0.25, 0.3) is 0 Å². The Balaban J connectivity index is 2.49. The molecule has 1 aliphatic heterocycles. The van der Waals surface area contributed by atoms with Gasteiger partial charge in [0.15, 0.2) is 0 Å². The van der Waals surface area contributed by atoms with Crippen LogP contribution in [0.3, 0.4) is 0 Å². The Bertz CT molecular complexity index is 496. The summed E-state index contributed by atoms with van der Waals surface area (Å²) in [6.45, 7) is 1.63. The minimum atomic E-state index is -0.916. The van der Waals surface area contributed by atoms with E-state index in [1.54, 1.807) is 14.0 Å². The van der Waals surface area contributed by atoms with Crippen LogP contribution in [0.2, 0.25) is 0 Å². The topological polar surface area (TPSA) is 85.7 Å². The Morgan fingerprint density at radius 2 is 2.48 bits per heavy atom. The maximum atomic E-state index is 11.8. The van der Waals surface area contributed by atoms with Crippen LogP contribution in [0.1, 0.15) is 6.92 Å². The molecule has 1 aliphatic rings. The average Bonchev–Trinajstić information content (AvgIpc) is 2.47. The average molecular weight is 351 g/mol. The zero-order chi connectivity index (χ0) is 16.0. The third kappa shape index (κ3) is 5.22. The molecule has 0 aromatic carbocycles. The van der Waals surface area contributed by atoms with Gasteiger partial charge in [-0.15, -0.1) is 11.6 Å². The molecule has 0 radical (unpaired) electrons. The first-order chi connectivity index (χ1) is 9.81. The second-order valence-corrected chi connectivity index (χ2v) is 7.24. The summed E-state index contributed by atoms with van der Waals surface area (Å²) in [7, 11) is 3.10. The van der Waals surface area contributed by atoms with E-state index in [1.165, 1.54) is 34.2 Å². The van der Waals surface area contributed by atoms with E-state index >= 15 is 0 Å². The summed E-state index contributed by atoms with van der Waals surface area (Å²) in [5.74, 6) is 0.319. The third-order valence-corrected chi connectivity index (χ3v) is 5.03. The number of nitrogens with zero attached hydrogens (tertiary/aromatic N) is 3. The first-order valence-corrected chi connectivity index (χ1v) is 8.08. The quantitative estimate of drug-likeness (QED) is 0.459. The molecule has 1 unspecified atom stereocenters. The molecule has 0 aromatic rings. The van der Waals surface area contributed by atoms with Crippen LogP contribution < -0.4 is 5.48 Å². The molecule has 1 rings (SSSR count). The molecule has 1 N–H and O–H groups in total. The molecule has 116 valence electrons. The van der Waals surface area contributed by atoms with Crippen molar-refractivity contribution in [3.8, 4) is 6.07 Å². The van der Waals surface area contributed by atoms with Crippen LogP contribution in [0.15, 0.2) is 11.2 Å². The van der Waals surface area contributed by atoms with Gasteiger partial charge in [-0.1, -0.05) is 11.8 Å². The van der Waals surface area contributed by atoms with Gasteiger partial charge in [-0.05, 0) is 18.9 Å². The maximum absolute atomic E-state index is 11.8. The number of amides is 2. The van der Waals surface area contributed by atoms with E-state index in [0.29, 0.717) is 5.03 Å². The molecule has 0 saturated heterocycles. The molecule has 21 heavy (non-hydrogen) atoms. The normalized spacial score (nSPS) is 17.4. The van der Waals surface area contributed by atoms with Crippen molar-refractivity contribution in [3.63, 3.8) is 0 Å². The lowest BCUT2D eigenvalue weighted by atomic mass is 10.2. The predicted molar refractivity (Wildman–Crippen MR) is 83.0 cm³/mol. The van der Waals surface area contributed by atoms with Gasteiger partial charge in [-0.2, -0.15) is 5.26 Å². The standard InChI is InChI=1S/C11H15ClN4O3S2/c1-11(6-12,7-13)21-16(3)10(18)19-14-8-4-15(2)9(17)5-20-8/h4,14H,5-6H2,1-3H3. The molecule has 0 aliphatic carbocycles. The van der Waals surface area contributed by atoms with Crippen LogP contribution in [-0.4, -0.2) is 51.7 Å². The molecule has 0 aromatic heterocycles. The lowest BCUT2D eigenvalue weighted by Crippen LogP contribution is -2.34. The lowest BCUT2D eigenvalue weighted by Gasteiger charge is -2.25. The van der Waals surface area contributed by atoms with Crippen molar-refractivity contribution >= 4 is 47.3 Å². The maximum Gasteiger partial charge on any atom is 0.443 e. The Morgan fingerprint density at radius 1 is 1.81 bits per heavy atom. The summed E-state index contributed by atoms with van der Waals surface area (Å²) in [5, 5.41) is 9.55. The van der Waals surface area contributed by atoms with Gasteiger partial charge in [0.1, 0.15) is 9.78 Å². The van der Waals surface area contributed by atoms with Crippen molar-refractivity contribution in [2.75, 3.05) is 25.7 Å². The Hall–Kier alpha value is -1.24. The van der Waals surface area contributed by atoms with Crippen LogP contribution >= 0.6 is 35.3 Å². The Morgan fingerprint density at radius 3 is 3.00 bits per heavy atom. The van der Waals surface area contributed by atoms with Crippen LogP contribution in [0.5, 0.6) is 0 Å². The monoisotopic (exact) mass is 350 g/mol. The first kappa shape index (κ1) is 17.8. The fourth-order valence-corrected chi connectivity index (χ4v) is 2.98. The number of hydroxylamine groups is 1. The van der Waals surface area contributed by atoms with Crippen LogP contribution in [0, 0.1) is 11.3 Å². The smallest absolute Gasteiger partial charge is 0.323 e. The number of nitrogens with one attached hydrogen (secondary N) is 1. The van der Waals surface area contributed by atoms with Crippen molar-refractivity contribution in [2.24, 2.45) is 0 Å². The number of halogens is 1. The summed E-state index contributed by atoms with van der Waals surface area (Å²) in [6, 6.07) is 2.03. The number of thioether (sulfide) groups is 1. The van der Waals surface area contributed by atoms with Gasteiger partial charge >= 0.3 is 6.09 Å². The fourth-order valence-electron chi connectivity index (χ4n) is 1.15. The minimum absolute atomic E-state index is 0.0311. The van der Waals surface area contributed by atoms with Crippen molar-refractivity contribution < 1.29 is 14.4 Å². The van der Waals surface area contributed by atoms with Gasteiger partial charge in [0.05, 0.1) is 17.7 Å². The highest BCUT2D eigenvalue weighted by molar-refractivity contribution is 8.03. The molecule has 2 amide bonds. The number of nitriles is 1. The second-order valence-electron chi connectivity index (χ2n) is 4.32. The van der Waals surface area contributed by atoms with E-state index < -0.39 is 10.8 Å². The van der Waals surface area contributed by atoms with Gasteiger partial charge in [0, 0.05) is 20.3 Å². The van der Waals surface area contributed by atoms with Crippen LogP contribution in [0.25, 0.3) is 0 Å². The largest absolute Gasteiger partial charge is 0.443 e. The molecule has 1 atom stereocenters. The zero-order valence-electron chi connectivity index (χ0n) is 11.8. The highest BCUT2D eigenvalue weighted by Gasteiger charge is 2.29. The Kier molecular flexibility index (Phi) is 6.51. The third-order valence-electron chi connectivity index (χ3n) is 2.38. The molecular weight excluding hydrogens is 336 g/mol. The molecule has 0 saturated carbocycles. The van der Waals surface area contributed by atoms with Crippen LogP contribution in [-0.2, 0) is 9.63 Å². The van der Waals surface area contributed by atoms with E-state index in [4.69, 9.17) is 21.7 Å². The predicted octanol–water partition coefficient (Wildman–Crippen LogP) is 1.73. The molecule has 10 heteroatoms. The summed E-state index contributed by atoms with van der Waals surface area (Å²) < 4.78 is 0.266. The van der Waals surface area contributed by atoms with E-state index in [0.717, 1.165) is 11.9 Å². The van der Waals surface area contributed by atoms with Gasteiger partial charge in [0.2, 0.25) is 5.91 Å². The number of rotatable bonds is 5. The number of hydrogen-bond acceptors (Lipinski definition) is 7. The van der Waals surface area contributed by atoms with Crippen molar-refractivity contribution in [3.05, 3.63) is 11.2 Å². The van der Waals surface area contributed by atoms with E-state index in [9.17, 15) is 9.59 Å². The van der Waals surface area contributed by atoms with Crippen molar-refractivity contribution in [1.82, 2.24) is 14.7 Å². The highest BCUT2D eigenvalue weighted by Crippen LogP contribution is 2.28. The van der Waals surface area contributed by atoms with Crippen LogP contribution in [0.4, 0.5) is 4.79 Å². The molecule has 1 heterocycles. The van der Waals surface area contributed by atoms with Gasteiger partial charge in [-0.3, -0.25) is 9.10 Å². The molecule has 0 spiro atoms. The summed E-state index contributed by atoms with van der Waals surface area (Å²) in [5.41, 5.74) is 2.48. The number of carbonyl (C=O) groups excluding carboxylic acids is 2. The molecule has 0 bridgehead atoms. The summed E-state index contributed by atoms with van der Waals surface area (Å²) in [4.78, 5) is 29.4. The van der Waals surface area contributed by atoms with E-state index in [2.05, 4.69) is 5.48 Å². The lowest BCUT2D eigenvalue weighted by molar-refractivity contribution is -0.125. The van der Waals surface area contributed by atoms with Crippen molar-refractivity contribution in [1.29, 1.82) is 5.26 Å². The van der Waals surface area contributed by atoms with Crippen molar-refractivity contribution in [2.45, 2.75) is 11.7 Å². The number of hydrogen-bond donors (Lipinski definition) is 1. The molecule has 7 nitrogen and oxygen atoms in total. The molecule has 0 fully saturated rings. The number of alkyl halides is 1. The van der Waals surface area contributed by atoms with Gasteiger partial charge in [-0.25, -0.2) is 10.3 Å². The van der Waals surface area contributed by atoms with E-state index in [1.807, 2.05) is 6.07 Å². The zero-order valence-corrected chi connectivity index (χ0v) is 14.1. The summed E-state index contributed by atoms with van der Waals surface area (Å²) in [6.07, 6.45) is 0.863. The minimum Gasteiger partial charge on any atom is -0.323 e. The fraction of sp³-hybridized carbons (Fsp3) is 0.545. The number of carbonyl (C=O) groups is 2. The molecular formula is C11H15ClN4O3S2. The SMILES string of the molecule is CN1C=C(NOC(=O)N(C)SC(C)(C#N)CCl)SCC1=O. The highest BCUT2D eigenvalue weighted by atomic mass is 35.5. The second kappa shape index (κ2) is 7.68. The summed E-state index contributed by atoms with van der Waals surface area (Å²) >= 11 is 7.91. The first-order valence-electron chi connectivity index (χ1n) is 5.78. The van der Waals surface area contributed by atoms with Gasteiger partial charge < -0.3 is 9.74 Å².